The zero-order valence-electron chi connectivity index (χ0n) is 56.8. The van der Waals surface area contributed by atoms with Crippen molar-refractivity contribution in [1.82, 2.24) is 29.8 Å². The van der Waals surface area contributed by atoms with Gasteiger partial charge < -0.3 is 44.3 Å². The fourth-order valence-electron chi connectivity index (χ4n) is 15.9. The van der Waals surface area contributed by atoms with Crippen LogP contribution < -0.4 is 19.5 Å². The molecule has 516 valence electrons. The average molecular weight is 1340 g/mol. The lowest BCUT2D eigenvalue weighted by atomic mass is 9.85. The Kier molecular flexibility index (Phi) is 18.5. The van der Waals surface area contributed by atoms with E-state index >= 15 is 0 Å². The lowest BCUT2D eigenvalue weighted by Gasteiger charge is -2.36. The molecule has 2 aromatic heterocycles. The molecule has 0 bridgehead atoms. The number of allylic oxidation sites excluding steroid dienone is 3. The van der Waals surface area contributed by atoms with Crippen LogP contribution in [0, 0.1) is 42.9 Å². The van der Waals surface area contributed by atoms with Crippen molar-refractivity contribution in [3.05, 3.63) is 83.2 Å². The first kappa shape index (κ1) is 68.3. The molecule has 2 spiro atoms. The van der Waals surface area contributed by atoms with E-state index in [1.54, 1.807) is 69.9 Å². The minimum absolute atomic E-state index is 0.0107. The molecule has 10 atom stereocenters. The van der Waals surface area contributed by atoms with Crippen LogP contribution in [0.25, 0.3) is 21.8 Å². The van der Waals surface area contributed by atoms with Gasteiger partial charge in [0.25, 0.3) is 5.91 Å². The van der Waals surface area contributed by atoms with Crippen LogP contribution in [-0.4, -0.2) is 139 Å². The Bertz CT molecular complexity index is 3990. The van der Waals surface area contributed by atoms with Crippen molar-refractivity contribution in [2.45, 2.75) is 236 Å². The second kappa shape index (κ2) is 26.0. The molecule has 13 rings (SSSR count). The second-order valence-electron chi connectivity index (χ2n) is 30.4. The Labute approximate surface area is 562 Å². The standard InChI is InChI=1S/C40H52N4O9S.C34H42N2O6/c1-24-33-28(29-20-27(45)13-14-30(29)41-24)15-16-39(53-33)22-31-34(47)42-40(36(49)43-54(50,51)38(5)17-18-38)21-26(40)12-10-8-6-7-9-11-25(35(48)44(31)23-39)19-32(46)52-37(2,3)4;1-4-41-32(40)34-17-23(34)11-9-7-5-6-8-10-21(2)31(39)36-20-33(18-28(36)29(38)19-34)15-14-25-26-16-24(37)12-13-27(26)35-22(3)30(25)42-33/h10,12-14,20,25-26,31,45H,6-9,11,15-19,21-23H2,1-5H3,(H,42,47)(H,43,49);9,11-13,16,21,23,28,37H,4-8,10,14-15,17-20H2,1-3H3/b12-10-;11-9-/t25-,26-,31+,39-,40-;21-,23+,28-,33+,34+/m10/s1. The van der Waals surface area contributed by atoms with Crippen LogP contribution in [0.4, 0.5) is 0 Å². The number of benzene rings is 2. The molecule has 8 heterocycles. The maximum absolute atomic E-state index is 14.7. The number of hydrogen-bond donors (Lipinski definition) is 4. The highest BCUT2D eigenvalue weighted by molar-refractivity contribution is 7.91. The number of rotatable bonds is 7. The van der Waals surface area contributed by atoms with Crippen LogP contribution in [0.5, 0.6) is 23.0 Å². The summed E-state index contributed by atoms with van der Waals surface area (Å²) in [6, 6.07) is 8.45. The molecule has 9 aliphatic rings. The molecule has 4 amide bonds. The number of sulfonamides is 1. The molecule has 5 fully saturated rings. The highest BCUT2D eigenvalue weighted by Gasteiger charge is 2.65. The van der Waals surface area contributed by atoms with E-state index in [0.29, 0.717) is 94.4 Å². The smallest absolute Gasteiger partial charge is 0.313 e. The van der Waals surface area contributed by atoms with E-state index in [2.05, 4.69) is 22.2 Å². The summed E-state index contributed by atoms with van der Waals surface area (Å²) >= 11 is 0. The van der Waals surface area contributed by atoms with Gasteiger partial charge in [0.1, 0.15) is 51.4 Å². The number of aromatic hydroxyl groups is 2. The lowest BCUT2D eigenvalue weighted by Crippen LogP contribution is -2.57. The predicted molar refractivity (Wildman–Crippen MR) is 358 cm³/mol. The quantitative estimate of drug-likeness (QED) is 0.0988. The number of hydrogen-bond acceptors (Lipinski definition) is 17. The number of aryl methyl sites for hydroxylation is 4. The number of carbonyl (C=O) groups excluding carboxylic acids is 7. The van der Waals surface area contributed by atoms with Crippen molar-refractivity contribution >= 4 is 73.2 Å². The van der Waals surface area contributed by atoms with Gasteiger partial charge in [-0.3, -0.25) is 38.3 Å². The van der Waals surface area contributed by atoms with Crippen LogP contribution in [-0.2, 0) is 65.9 Å². The van der Waals surface area contributed by atoms with Crippen LogP contribution in [0.15, 0.2) is 60.7 Å². The molecule has 2 saturated heterocycles. The first-order valence-corrected chi connectivity index (χ1v) is 36.4. The maximum Gasteiger partial charge on any atom is 0.313 e. The number of phenolic OH excluding ortho intramolecular Hbond substituents is 2. The summed E-state index contributed by atoms with van der Waals surface area (Å²) < 4.78 is 52.3. The Morgan fingerprint density at radius 1 is 0.729 bits per heavy atom. The van der Waals surface area contributed by atoms with Gasteiger partial charge in [-0.25, -0.2) is 18.4 Å². The summed E-state index contributed by atoms with van der Waals surface area (Å²) in [4.78, 5) is 110. The number of nitrogens with one attached hydrogen (secondary N) is 2. The third-order valence-electron chi connectivity index (χ3n) is 21.9. The summed E-state index contributed by atoms with van der Waals surface area (Å²) in [6.07, 6.45) is 20.7. The van der Waals surface area contributed by atoms with Gasteiger partial charge in [-0.2, -0.15) is 0 Å². The number of pyridine rings is 2. The monoisotopic (exact) mass is 1340 g/mol. The van der Waals surface area contributed by atoms with Crippen molar-refractivity contribution < 1.29 is 71.1 Å². The summed E-state index contributed by atoms with van der Waals surface area (Å²) in [5, 5.41) is 25.0. The Morgan fingerprint density at radius 2 is 1.28 bits per heavy atom. The van der Waals surface area contributed by atoms with Gasteiger partial charge in [-0.05, 0) is 181 Å². The zero-order valence-corrected chi connectivity index (χ0v) is 57.6. The normalized spacial score (nSPS) is 31.0. The van der Waals surface area contributed by atoms with Gasteiger partial charge in [-0.1, -0.05) is 56.9 Å². The Balaban J connectivity index is 0.000000189. The average Bonchev–Trinajstić information content (AvgIpc) is 1.49. The minimum Gasteiger partial charge on any atom is -0.508 e. The first-order valence-electron chi connectivity index (χ1n) is 34.9. The molecule has 21 nitrogen and oxygen atoms in total. The summed E-state index contributed by atoms with van der Waals surface area (Å²) in [5.41, 5.74) is -0.00472. The number of ether oxygens (including phenoxy) is 4. The van der Waals surface area contributed by atoms with Crippen molar-refractivity contribution in [1.29, 1.82) is 0 Å². The lowest BCUT2D eigenvalue weighted by molar-refractivity contribution is -0.159. The molecular weight excluding hydrogens is 1240 g/mol. The molecule has 2 aromatic carbocycles. The minimum atomic E-state index is -3.99. The molecule has 3 saturated carbocycles. The Morgan fingerprint density at radius 3 is 1.84 bits per heavy atom. The van der Waals surface area contributed by atoms with Crippen LogP contribution in [0.2, 0.25) is 0 Å². The molecule has 6 aliphatic heterocycles. The largest absolute Gasteiger partial charge is 0.508 e. The van der Waals surface area contributed by atoms with Crippen molar-refractivity contribution in [3.8, 4) is 23.0 Å². The molecule has 0 unspecified atom stereocenters. The third kappa shape index (κ3) is 13.6. The van der Waals surface area contributed by atoms with Gasteiger partial charge in [0, 0.05) is 58.9 Å². The van der Waals surface area contributed by atoms with Crippen LogP contribution in [0.3, 0.4) is 0 Å². The number of nitrogens with zero attached hydrogens (tertiary/aromatic N) is 4. The number of esters is 2. The van der Waals surface area contributed by atoms with E-state index in [9.17, 15) is 52.2 Å². The van der Waals surface area contributed by atoms with Gasteiger partial charge in [0.15, 0.2) is 5.78 Å². The van der Waals surface area contributed by atoms with E-state index in [0.717, 1.165) is 83.6 Å². The highest BCUT2D eigenvalue weighted by Crippen LogP contribution is 2.58. The maximum atomic E-state index is 14.7. The Hall–Kier alpha value is -7.62. The number of ketones is 1. The van der Waals surface area contributed by atoms with Crippen LogP contribution >= 0.6 is 0 Å². The molecule has 4 N–H and O–H groups in total. The third-order valence-corrected chi connectivity index (χ3v) is 24.1. The SMILES string of the molecule is CCOC(=O)[C@]12CC(=O)[C@@H]3C[C@]4(CCc5c(c(C)nc6ccc(O)cc56)O4)CN3C(=O)[C@@H](C)CCCCC/C=C\[C@@H]1C2.Cc1nc2ccc(O)cc2c2c1O[C@]1(CC2)C[C@H]2C(=O)N[C@]3(C(=O)NS(=O)(=O)C4(C)CC4)C[C@H]3/C=C\CCCCC[C@H](CC(=O)OC(C)(C)C)C(=O)N2C1. The van der Waals surface area contributed by atoms with Crippen molar-refractivity contribution in [2.75, 3.05) is 19.7 Å². The summed E-state index contributed by atoms with van der Waals surface area (Å²) in [5.74, 6) is -2.52. The molecular formula is C74H94N6O15S. The topological polar surface area (TPSA) is 287 Å². The van der Waals surface area contributed by atoms with Crippen LogP contribution in [0.1, 0.15) is 192 Å². The molecule has 4 aromatic rings. The number of amides is 4. The van der Waals surface area contributed by atoms with E-state index in [4.69, 9.17) is 28.9 Å². The number of aromatic nitrogens is 2. The van der Waals surface area contributed by atoms with E-state index < -0.39 is 84.2 Å². The predicted octanol–water partition coefficient (Wildman–Crippen LogP) is 10.3. The van der Waals surface area contributed by atoms with E-state index in [-0.39, 0.29) is 85.7 Å². The van der Waals surface area contributed by atoms with E-state index in [1.165, 1.54) is 4.90 Å². The fraction of sp³-hybridized carbons (Fsp3) is 0.608. The van der Waals surface area contributed by atoms with Gasteiger partial charge in [0.2, 0.25) is 27.7 Å². The molecule has 3 aliphatic carbocycles. The highest BCUT2D eigenvalue weighted by atomic mass is 32.2. The van der Waals surface area contributed by atoms with Gasteiger partial charge >= 0.3 is 11.9 Å². The van der Waals surface area contributed by atoms with E-state index in [1.807, 2.05) is 39.0 Å². The number of Topliss-reactive ketones (excluding diaryl/α,β-unsaturated/α-hetero) is 1. The number of phenols is 2. The number of carbonyl (C=O) groups is 7. The molecule has 0 radical (unpaired) electrons. The molecule has 22 heteroatoms. The van der Waals surface area contributed by atoms with Crippen molar-refractivity contribution in [2.24, 2.45) is 29.1 Å². The fourth-order valence-corrected chi connectivity index (χ4v) is 17.2. The van der Waals surface area contributed by atoms with Gasteiger partial charge in [0.05, 0.1) is 64.7 Å². The summed E-state index contributed by atoms with van der Waals surface area (Å²) in [6.45, 7) is 15.1. The molecule has 96 heavy (non-hydrogen) atoms. The zero-order chi connectivity index (χ0) is 68.5. The number of fused-ring (bicyclic) bond motifs is 10. The summed E-state index contributed by atoms with van der Waals surface area (Å²) in [7, 11) is -3.99. The van der Waals surface area contributed by atoms with Crippen molar-refractivity contribution in [3.63, 3.8) is 0 Å². The first-order chi connectivity index (χ1) is 45.5. The second-order valence-corrected chi connectivity index (χ2v) is 32.6. The van der Waals surface area contributed by atoms with Gasteiger partial charge in [-0.15, -0.1) is 0 Å².